The third-order valence-corrected chi connectivity index (χ3v) is 4.43. The van der Waals surface area contributed by atoms with E-state index in [0.717, 1.165) is 16.3 Å². The van der Waals surface area contributed by atoms with Crippen LogP contribution in [0.3, 0.4) is 0 Å². The van der Waals surface area contributed by atoms with Crippen molar-refractivity contribution in [2.24, 2.45) is 4.99 Å². The number of halogens is 2. The van der Waals surface area contributed by atoms with Crippen molar-refractivity contribution in [3.8, 4) is 0 Å². The molecule has 2 aromatic carbocycles. The molecule has 128 valence electrons. The molecule has 26 heavy (non-hydrogen) atoms. The predicted molar refractivity (Wildman–Crippen MR) is 103 cm³/mol. The maximum Gasteiger partial charge on any atom is 0.152 e. The molecule has 0 radical (unpaired) electrons. The second-order valence-electron chi connectivity index (χ2n) is 5.83. The van der Waals surface area contributed by atoms with E-state index in [1.54, 1.807) is 30.5 Å². The maximum absolute atomic E-state index is 13.9. The number of anilines is 1. The highest BCUT2D eigenvalue weighted by Crippen LogP contribution is 2.27. The van der Waals surface area contributed by atoms with Crippen LogP contribution in [0, 0.1) is 5.82 Å². The van der Waals surface area contributed by atoms with Crippen molar-refractivity contribution in [3.05, 3.63) is 100 Å². The van der Waals surface area contributed by atoms with Crippen molar-refractivity contribution in [1.82, 2.24) is 4.98 Å². The van der Waals surface area contributed by atoms with E-state index >= 15 is 0 Å². The van der Waals surface area contributed by atoms with Gasteiger partial charge in [0.25, 0.3) is 0 Å². The molecule has 0 bridgehead atoms. The molecule has 1 aliphatic rings. The van der Waals surface area contributed by atoms with Crippen LogP contribution in [0.2, 0.25) is 5.15 Å². The Morgan fingerprint density at radius 3 is 2.65 bits per heavy atom. The molecule has 2 heterocycles. The summed E-state index contributed by atoms with van der Waals surface area (Å²) < 4.78 is 13.9. The molecule has 0 saturated carbocycles. The number of hydrogen-bond donors (Lipinski definition) is 0. The molecule has 1 aromatic heterocycles. The first-order chi connectivity index (χ1) is 12.7. The average molecular weight is 364 g/mol. The minimum Gasteiger partial charge on any atom is -0.319 e. The van der Waals surface area contributed by atoms with Crippen LogP contribution in [-0.4, -0.2) is 11.1 Å². The SMILES string of the molecule is Fc1ccccc1C=C[C@@H]1N=c2ccccc2=CN1c1cccnc1Cl. The number of pyridine rings is 1. The molecule has 0 unspecified atom stereocenters. The van der Waals surface area contributed by atoms with Gasteiger partial charge in [0.1, 0.15) is 12.0 Å². The molecular formula is C21H15ClFN3. The van der Waals surface area contributed by atoms with E-state index in [0.29, 0.717) is 10.7 Å². The fraction of sp³-hybridized carbons (Fsp3) is 0.0476. The first-order valence-corrected chi connectivity index (χ1v) is 8.56. The van der Waals surface area contributed by atoms with E-state index < -0.39 is 0 Å². The normalized spacial score (nSPS) is 16.1. The second-order valence-corrected chi connectivity index (χ2v) is 6.19. The number of fused-ring (bicyclic) bond motifs is 1. The first kappa shape index (κ1) is 16.5. The first-order valence-electron chi connectivity index (χ1n) is 8.19. The standard InChI is InChI=1S/C21H15ClFN3/c22-21-19(10-5-13-24-21)26-14-16-7-2-4-9-18(16)25-20(26)12-11-15-6-1-3-8-17(15)23/h1-14,20H/t20-/m1/s1. The molecule has 5 heteroatoms. The molecule has 3 nitrogen and oxygen atoms in total. The van der Waals surface area contributed by atoms with E-state index in [2.05, 4.69) is 4.98 Å². The fourth-order valence-electron chi connectivity index (χ4n) is 2.86. The molecule has 4 rings (SSSR count). The zero-order valence-corrected chi connectivity index (χ0v) is 14.5. The summed E-state index contributed by atoms with van der Waals surface area (Å²) in [5.41, 5.74) is 1.26. The van der Waals surface area contributed by atoms with Gasteiger partial charge in [-0.2, -0.15) is 0 Å². The topological polar surface area (TPSA) is 28.5 Å². The molecule has 1 aliphatic heterocycles. The van der Waals surface area contributed by atoms with E-state index in [1.807, 2.05) is 53.6 Å². The van der Waals surface area contributed by atoms with Gasteiger partial charge in [0, 0.05) is 23.2 Å². The summed E-state index contributed by atoms with van der Waals surface area (Å²) >= 11 is 6.29. The van der Waals surface area contributed by atoms with Crippen molar-refractivity contribution in [1.29, 1.82) is 0 Å². The second kappa shape index (κ2) is 7.10. The van der Waals surface area contributed by atoms with Crippen molar-refractivity contribution in [3.63, 3.8) is 0 Å². The van der Waals surface area contributed by atoms with Gasteiger partial charge in [-0.3, -0.25) is 4.99 Å². The van der Waals surface area contributed by atoms with Crippen molar-refractivity contribution >= 4 is 29.6 Å². The largest absolute Gasteiger partial charge is 0.319 e. The zero-order valence-electron chi connectivity index (χ0n) is 13.8. The minimum absolute atomic E-state index is 0.269. The third kappa shape index (κ3) is 3.24. The van der Waals surface area contributed by atoms with Crippen molar-refractivity contribution in [2.45, 2.75) is 6.17 Å². The van der Waals surface area contributed by atoms with Gasteiger partial charge < -0.3 is 4.90 Å². The summed E-state index contributed by atoms with van der Waals surface area (Å²) in [5.74, 6) is -0.269. The van der Waals surface area contributed by atoms with Gasteiger partial charge >= 0.3 is 0 Å². The molecule has 0 fully saturated rings. The summed E-state index contributed by atoms with van der Waals surface area (Å²) in [6.45, 7) is 0. The van der Waals surface area contributed by atoms with Gasteiger partial charge in [0.2, 0.25) is 0 Å². The maximum atomic E-state index is 13.9. The van der Waals surface area contributed by atoms with Crippen molar-refractivity contribution in [2.75, 3.05) is 4.90 Å². The summed E-state index contributed by atoms with van der Waals surface area (Å²) in [4.78, 5) is 10.9. The van der Waals surface area contributed by atoms with E-state index in [-0.39, 0.29) is 12.0 Å². The zero-order chi connectivity index (χ0) is 17.9. The lowest BCUT2D eigenvalue weighted by molar-refractivity contribution is 0.625. The Morgan fingerprint density at radius 1 is 1.00 bits per heavy atom. The van der Waals surface area contributed by atoms with Crippen LogP contribution in [-0.2, 0) is 0 Å². The highest BCUT2D eigenvalue weighted by atomic mass is 35.5. The number of rotatable bonds is 3. The number of nitrogens with zero attached hydrogens (tertiary/aromatic N) is 3. The van der Waals surface area contributed by atoms with Gasteiger partial charge in [0.05, 0.1) is 11.0 Å². The Hall–Kier alpha value is -2.98. The molecule has 1 atom stereocenters. The van der Waals surface area contributed by atoms with Crippen LogP contribution in [0.5, 0.6) is 0 Å². The van der Waals surface area contributed by atoms with Crippen LogP contribution in [0.25, 0.3) is 12.3 Å². The Balaban J connectivity index is 1.81. The smallest absolute Gasteiger partial charge is 0.152 e. The lowest BCUT2D eigenvalue weighted by Gasteiger charge is -2.28. The lowest BCUT2D eigenvalue weighted by Crippen LogP contribution is -2.41. The number of hydrogen-bond acceptors (Lipinski definition) is 3. The number of para-hydroxylation sites is 1. The lowest BCUT2D eigenvalue weighted by atomic mass is 10.1. The monoisotopic (exact) mass is 363 g/mol. The highest BCUT2D eigenvalue weighted by Gasteiger charge is 2.19. The van der Waals surface area contributed by atoms with Crippen LogP contribution in [0.4, 0.5) is 10.1 Å². The summed E-state index contributed by atoms with van der Waals surface area (Å²) in [7, 11) is 0. The van der Waals surface area contributed by atoms with Gasteiger partial charge in [-0.15, -0.1) is 0 Å². The Bertz CT molecular complexity index is 1090. The van der Waals surface area contributed by atoms with Crippen LogP contribution in [0.1, 0.15) is 5.56 Å². The van der Waals surface area contributed by atoms with Gasteiger partial charge in [-0.1, -0.05) is 54.1 Å². The Morgan fingerprint density at radius 2 is 1.81 bits per heavy atom. The molecule has 0 amide bonds. The van der Waals surface area contributed by atoms with Gasteiger partial charge in [-0.25, -0.2) is 9.37 Å². The van der Waals surface area contributed by atoms with E-state index in [1.165, 1.54) is 6.07 Å². The quantitative estimate of drug-likeness (QED) is 0.662. The van der Waals surface area contributed by atoms with Crippen molar-refractivity contribution < 1.29 is 4.39 Å². The Kier molecular flexibility index (Phi) is 4.50. The van der Waals surface area contributed by atoms with Crippen LogP contribution >= 0.6 is 11.6 Å². The van der Waals surface area contributed by atoms with Crippen LogP contribution in [0.15, 0.2) is 77.9 Å². The predicted octanol–water partition coefficient (Wildman–Crippen LogP) is 3.79. The molecule has 3 aromatic rings. The third-order valence-electron chi connectivity index (χ3n) is 4.14. The highest BCUT2D eigenvalue weighted by molar-refractivity contribution is 6.32. The Labute approximate surface area is 155 Å². The van der Waals surface area contributed by atoms with Crippen LogP contribution < -0.4 is 15.5 Å². The summed E-state index contributed by atoms with van der Waals surface area (Å²) in [5, 5.41) is 2.26. The minimum atomic E-state index is -0.355. The molecule has 0 saturated heterocycles. The molecular weight excluding hydrogens is 349 g/mol. The summed E-state index contributed by atoms with van der Waals surface area (Å²) in [6.07, 6.45) is 6.87. The van der Waals surface area contributed by atoms with Gasteiger partial charge in [0.15, 0.2) is 5.15 Å². The van der Waals surface area contributed by atoms with Gasteiger partial charge in [-0.05, 0) is 30.3 Å². The fourth-order valence-corrected chi connectivity index (χ4v) is 3.08. The van der Waals surface area contributed by atoms with E-state index in [4.69, 9.17) is 16.6 Å². The number of benzene rings is 2. The van der Waals surface area contributed by atoms with E-state index in [9.17, 15) is 4.39 Å². The molecule has 0 aliphatic carbocycles. The number of aromatic nitrogens is 1. The molecule has 0 spiro atoms. The average Bonchev–Trinajstić information content (AvgIpc) is 2.67. The summed E-state index contributed by atoms with van der Waals surface area (Å²) in [6, 6.07) is 18.2. The molecule has 0 N–H and O–H groups in total.